The van der Waals surface area contributed by atoms with Crippen molar-refractivity contribution in [3.05, 3.63) is 74.8 Å². The molecule has 1 N–H and O–H groups in total. The molecule has 0 spiro atoms. The Morgan fingerprint density at radius 1 is 1.03 bits per heavy atom. The predicted molar refractivity (Wildman–Crippen MR) is 153 cm³/mol. The van der Waals surface area contributed by atoms with E-state index in [-0.39, 0.29) is 17.6 Å². The Labute approximate surface area is 232 Å². The van der Waals surface area contributed by atoms with Gasteiger partial charge in [-0.15, -0.1) is 5.10 Å². The minimum Gasteiger partial charge on any atom is -0.497 e. The van der Waals surface area contributed by atoms with Crippen LogP contribution in [0.3, 0.4) is 0 Å². The van der Waals surface area contributed by atoms with E-state index in [2.05, 4.69) is 43.3 Å². The van der Waals surface area contributed by atoms with Gasteiger partial charge in [0.05, 0.1) is 18.7 Å². The van der Waals surface area contributed by atoms with Gasteiger partial charge >= 0.3 is 0 Å². The lowest BCUT2D eigenvalue weighted by atomic mass is 9.95. The molecular weight excluding hydrogens is 514 g/mol. The van der Waals surface area contributed by atoms with Crippen LogP contribution in [0.4, 0.5) is 5.69 Å². The van der Waals surface area contributed by atoms with Crippen molar-refractivity contribution < 1.29 is 4.74 Å². The van der Waals surface area contributed by atoms with Gasteiger partial charge < -0.3 is 14.6 Å². The summed E-state index contributed by atoms with van der Waals surface area (Å²) in [6.45, 7) is 5.25. The van der Waals surface area contributed by atoms with E-state index < -0.39 is 0 Å². The highest BCUT2D eigenvalue weighted by atomic mass is 35.5. The smallest absolute Gasteiger partial charge is 0.253 e. The van der Waals surface area contributed by atoms with Gasteiger partial charge in [0.15, 0.2) is 5.82 Å². The third-order valence-electron chi connectivity index (χ3n) is 8.25. The molecule has 1 aliphatic heterocycles. The van der Waals surface area contributed by atoms with Gasteiger partial charge in [-0.25, -0.2) is 4.68 Å². The van der Waals surface area contributed by atoms with E-state index in [1.807, 2.05) is 41.1 Å². The summed E-state index contributed by atoms with van der Waals surface area (Å²) in [5.74, 6) is 1.45. The van der Waals surface area contributed by atoms with Crippen LogP contribution in [0.1, 0.15) is 61.1 Å². The molecule has 0 amide bonds. The molecule has 6 rings (SSSR count). The highest BCUT2D eigenvalue weighted by Crippen LogP contribution is 2.34. The second kappa shape index (κ2) is 11.0. The highest BCUT2D eigenvalue weighted by molar-refractivity contribution is 6.30. The molecule has 2 fully saturated rings. The molecule has 0 unspecified atom stereocenters. The Morgan fingerprint density at radius 3 is 2.59 bits per heavy atom. The van der Waals surface area contributed by atoms with Crippen molar-refractivity contribution in [3.63, 3.8) is 0 Å². The number of fused-ring (bicyclic) bond motifs is 1. The van der Waals surface area contributed by atoms with Gasteiger partial charge in [-0.1, -0.05) is 36.9 Å². The topological polar surface area (TPSA) is 92.2 Å². The summed E-state index contributed by atoms with van der Waals surface area (Å²) >= 11 is 6.33. The third kappa shape index (κ3) is 5.13. The number of aromatic nitrogens is 5. The highest BCUT2D eigenvalue weighted by Gasteiger charge is 2.34. The van der Waals surface area contributed by atoms with E-state index in [9.17, 15) is 4.79 Å². The van der Waals surface area contributed by atoms with Gasteiger partial charge in [-0.05, 0) is 71.5 Å². The average molecular weight is 548 g/mol. The molecule has 2 aromatic carbocycles. The SMILES string of the molecule is COc1ccc2cc([C@@H](c3nnnn3C3CCCCC3)N3CCN(c4cc(Cl)ccc4C)CC3)c(=O)[nH]c2c1. The Hall–Kier alpha value is -3.43. The van der Waals surface area contributed by atoms with Crippen LogP contribution in [0, 0.1) is 6.92 Å². The number of methoxy groups -OCH3 is 1. The fourth-order valence-corrected chi connectivity index (χ4v) is 6.30. The van der Waals surface area contributed by atoms with Gasteiger partial charge in [-0.3, -0.25) is 9.69 Å². The van der Waals surface area contributed by atoms with Crippen molar-refractivity contribution in [2.45, 2.75) is 51.1 Å². The molecule has 1 aliphatic carbocycles. The Balaban J connectivity index is 1.38. The number of aryl methyl sites for hydroxylation is 1. The largest absolute Gasteiger partial charge is 0.497 e. The van der Waals surface area contributed by atoms with Crippen LogP contribution in [0.5, 0.6) is 5.75 Å². The molecule has 4 aromatic rings. The second-order valence-electron chi connectivity index (χ2n) is 10.6. The first-order chi connectivity index (χ1) is 19.0. The number of hydrogen-bond acceptors (Lipinski definition) is 7. The first kappa shape index (κ1) is 25.8. The number of benzene rings is 2. The lowest BCUT2D eigenvalue weighted by molar-refractivity contribution is 0.192. The van der Waals surface area contributed by atoms with Crippen LogP contribution in [-0.4, -0.2) is 63.4 Å². The Bertz CT molecular complexity index is 1520. The monoisotopic (exact) mass is 547 g/mol. The van der Waals surface area contributed by atoms with Gasteiger partial charge in [0.2, 0.25) is 0 Å². The number of hydrogen-bond donors (Lipinski definition) is 1. The van der Waals surface area contributed by atoms with Gasteiger partial charge in [-0.2, -0.15) is 0 Å². The van der Waals surface area contributed by atoms with E-state index in [0.29, 0.717) is 11.3 Å². The maximum absolute atomic E-state index is 13.6. The molecule has 0 bridgehead atoms. The van der Waals surface area contributed by atoms with Crippen molar-refractivity contribution in [1.82, 2.24) is 30.1 Å². The number of ether oxygens (including phenoxy) is 1. The number of nitrogens with one attached hydrogen (secondary N) is 1. The normalized spacial score (nSPS) is 18.0. The summed E-state index contributed by atoms with van der Waals surface area (Å²) in [5.41, 5.74) is 3.63. The number of aromatic amines is 1. The number of H-pyrrole nitrogens is 1. The van der Waals surface area contributed by atoms with E-state index in [1.165, 1.54) is 24.8 Å². The summed E-state index contributed by atoms with van der Waals surface area (Å²) in [5, 5.41) is 14.8. The lowest BCUT2D eigenvalue weighted by Gasteiger charge is -2.40. The quantitative estimate of drug-likeness (QED) is 0.367. The van der Waals surface area contributed by atoms with E-state index in [1.54, 1.807) is 7.11 Å². The maximum atomic E-state index is 13.6. The van der Waals surface area contributed by atoms with Crippen LogP contribution in [0.15, 0.2) is 47.3 Å². The van der Waals surface area contributed by atoms with Gasteiger partial charge in [0, 0.05) is 48.5 Å². The standard InChI is InChI=1S/C29H34ClN7O2/c1-19-8-10-21(30)17-26(19)35-12-14-36(15-13-35)27(28-32-33-34-37(28)22-6-4-3-5-7-22)24-16-20-9-11-23(39-2)18-25(20)31-29(24)38/h8-11,16-18,22,27H,3-7,12-15H2,1-2H3,(H,31,38)/t27-/m0/s1. The molecule has 1 atom stereocenters. The number of tetrazole rings is 1. The molecule has 2 aliphatic rings. The summed E-state index contributed by atoms with van der Waals surface area (Å²) in [6.07, 6.45) is 5.70. The molecule has 39 heavy (non-hydrogen) atoms. The van der Waals surface area contributed by atoms with Crippen LogP contribution >= 0.6 is 11.6 Å². The number of rotatable bonds is 6. The van der Waals surface area contributed by atoms with Gasteiger partial charge in [0.1, 0.15) is 11.8 Å². The van der Waals surface area contributed by atoms with E-state index in [0.717, 1.165) is 66.5 Å². The van der Waals surface area contributed by atoms with Crippen LogP contribution in [-0.2, 0) is 0 Å². The minimum absolute atomic E-state index is 0.132. The number of nitrogens with zero attached hydrogens (tertiary/aromatic N) is 6. The van der Waals surface area contributed by atoms with Crippen molar-refractivity contribution in [2.24, 2.45) is 0 Å². The number of anilines is 1. The zero-order valence-corrected chi connectivity index (χ0v) is 23.2. The Morgan fingerprint density at radius 2 is 1.82 bits per heavy atom. The maximum Gasteiger partial charge on any atom is 0.253 e. The number of piperazine rings is 1. The van der Waals surface area contributed by atoms with Crippen molar-refractivity contribution in [3.8, 4) is 5.75 Å². The average Bonchev–Trinajstić information content (AvgIpc) is 3.45. The Kier molecular flexibility index (Phi) is 7.27. The second-order valence-corrected chi connectivity index (χ2v) is 11.1. The van der Waals surface area contributed by atoms with Crippen LogP contribution in [0.25, 0.3) is 10.9 Å². The van der Waals surface area contributed by atoms with Crippen LogP contribution < -0.4 is 15.2 Å². The van der Waals surface area contributed by atoms with Gasteiger partial charge in [0.25, 0.3) is 5.56 Å². The van der Waals surface area contributed by atoms with E-state index in [4.69, 9.17) is 16.3 Å². The summed E-state index contributed by atoms with van der Waals surface area (Å²) in [4.78, 5) is 21.5. The first-order valence-corrected chi connectivity index (χ1v) is 14.1. The molecule has 0 radical (unpaired) electrons. The fraction of sp³-hybridized carbons (Fsp3) is 0.448. The molecule has 1 saturated heterocycles. The zero-order valence-electron chi connectivity index (χ0n) is 22.4. The molecule has 1 saturated carbocycles. The molecular formula is C29H34ClN7O2. The summed E-state index contributed by atoms with van der Waals surface area (Å²) in [6, 6.07) is 13.7. The summed E-state index contributed by atoms with van der Waals surface area (Å²) in [7, 11) is 1.62. The fourth-order valence-electron chi connectivity index (χ4n) is 6.14. The summed E-state index contributed by atoms with van der Waals surface area (Å²) < 4.78 is 7.36. The van der Waals surface area contributed by atoms with Crippen molar-refractivity contribution >= 4 is 28.2 Å². The first-order valence-electron chi connectivity index (χ1n) is 13.8. The molecule has 2 aromatic heterocycles. The van der Waals surface area contributed by atoms with Crippen molar-refractivity contribution in [2.75, 3.05) is 38.2 Å². The third-order valence-corrected chi connectivity index (χ3v) is 8.49. The predicted octanol–water partition coefficient (Wildman–Crippen LogP) is 4.90. The van der Waals surface area contributed by atoms with Crippen molar-refractivity contribution in [1.29, 1.82) is 0 Å². The molecule has 9 nitrogen and oxygen atoms in total. The van der Waals surface area contributed by atoms with E-state index >= 15 is 0 Å². The lowest BCUT2D eigenvalue weighted by Crippen LogP contribution is -2.49. The zero-order chi connectivity index (χ0) is 26.9. The number of halogens is 1. The minimum atomic E-state index is -0.361. The molecule has 10 heteroatoms. The van der Waals surface area contributed by atoms with Crippen LogP contribution in [0.2, 0.25) is 5.02 Å². The number of pyridine rings is 1. The molecule has 3 heterocycles. The molecule has 204 valence electrons.